The van der Waals surface area contributed by atoms with Crippen molar-refractivity contribution in [2.24, 2.45) is 0 Å². The van der Waals surface area contributed by atoms with Gasteiger partial charge < -0.3 is 9.63 Å². The van der Waals surface area contributed by atoms with Crippen molar-refractivity contribution in [3.63, 3.8) is 0 Å². The Morgan fingerprint density at radius 2 is 1.84 bits per heavy atom. The first-order valence-electron chi connectivity index (χ1n) is 7.35. The Hall–Kier alpha value is -0.940. The molecule has 3 atom stereocenters. The van der Waals surface area contributed by atoms with Crippen LogP contribution in [0.4, 0.5) is 0 Å². The zero-order valence-corrected chi connectivity index (χ0v) is 11.9. The standard InChI is InChI=1S/C14H23N3O2/c1-8(2)13-15-14(19-16-13)9(3)17-10-4-5-11(17)7-12(18)6-10/h8-12,18H,4-7H2,1-3H3. The lowest BCUT2D eigenvalue weighted by atomic mass is 9.98. The topological polar surface area (TPSA) is 62.4 Å². The van der Waals surface area contributed by atoms with Crippen LogP contribution in [0.15, 0.2) is 4.52 Å². The molecule has 0 amide bonds. The van der Waals surface area contributed by atoms with Crippen molar-refractivity contribution in [3.8, 4) is 0 Å². The highest BCUT2D eigenvalue weighted by molar-refractivity contribution is 5.03. The predicted octanol–water partition coefficient (Wildman–Crippen LogP) is 2.24. The number of piperidine rings is 1. The third kappa shape index (κ3) is 2.30. The highest BCUT2D eigenvalue weighted by Crippen LogP contribution is 2.41. The molecule has 2 bridgehead atoms. The molecule has 2 aliphatic heterocycles. The second-order valence-electron chi connectivity index (χ2n) is 6.28. The zero-order valence-electron chi connectivity index (χ0n) is 11.9. The van der Waals surface area contributed by atoms with E-state index in [1.54, 1.807) is 0 Å². The normalized spacial score (nSPS) is 33.0. The van der Waals surface area contributed by atoms with Crippen molar-refractivity contribution in [2.45, 2.75) is 76.6 Å². The van der Waals surface area contributed by atoms with Crippen molar-refractivity contribution in [1.29, 1.82) is 0 Å². The SMILES string of the molecule is CC(C)c1noc(C(C)N2C3CCC2CC(O)C3)n1. The van der Waals surface area contributed by atoms with Gasteiger partial charge in [0, 0.05) is 18.0 Å². The third-order valence-corrected chi connectivity index (χ3v) is 4.54. The van der Waals surface area contributed by atoms with E-state index in [1.807, 2.05) is 0 Å². The summed E-state index contributed by atoms with van der Waals surface area (Å²) in [5.74, 6) is 1.80. The largest absolute Gasteiger partial charge is 0.393 e. The first kappa shape index (κ1) is 13.1. The first-order chi connectivity index (χ1) is 9.06. The quantitative estimate of drug-likeness (QED) is 0.908. The summed E-state index contributed by atoms with van der Waals surface area (Å²) in [7, 11) is 0. The van der Waals surface area contributed by atoms with Crippen molar-refractivity contribution in [3.05, 3.63) is 11.7 Å². The molecule has 0 aliphatic carbocycles. The second kappa shape index (κ2) is 4.87. The first-order valence-corrected chi connectivity index (χ1v) is 7.35. The van der Waals surface area contributed by atoms with Crippen molar-refractivity contribution in [2.75, 3.05) is 0 Å². The summed E-state index contributed by atoms with van der Waals surface area (Å²) in [6.07, 6.45) is 3.99. The van der Waals surface area contributed by atoms with E-state index >= 15 is 0 Å². The number of nitrogens with zero attached hydrogens (tertiary/aromatic N) is 3. The highest BCUT2D eigenvalue weighted by atomic mass is 16.5. The maximum atomic E-state index is 9.86. The molecule has 3 rings (SSSR count). The zero-order chi connectivity index (χ0) is 13.6. The number of aliphatic hydroxyl groups excluding tert-OH is 1. The summed E-state index contributed by atoms with van der Waals surface area (Å²) in [6.45, 7) is 6.28. The monoisotopic (exact) mass is 265 g/mol. The Labute approximate surface area is 114 Å². The summed E-state index contributed by atoms with van der Waals surface area (Å²) >= 11 is 0. The lowest BCUT2D eigenvalue weighted by Gasteiger charge is -2.39. The smallest absolute Gasteiger partial charge is 0.243 e. The molecule has 5 nitrogen and oxygen atoms in total. The molecule has 0 saturated carbocycles. The minimum Gasteiger partial charge on any atom is -0.393 e. The van der Waals surface area contributed by atoms with Crippen molar-refractivity contribution in [1.82, 2.24) is 15.0 Å². The van der Waals surface area contributed by atoms with E-state index in [4.69, 9.17) is 4.52 Å². The van der Waals surface area contributed by atoms with Gasteiger partial charge in [0.1, 0.15) is 0 Å². The molecule has 5 heteroatoms. The van der Waals surface area contributed by atoms with Crippen LogP contribution in [0.5, 0.6) is 0 Å². The Kier molecular flexibility index (Phi) is 3.35. The van der Waals surface area contributed by atoms with Gasteiger partial charge >= 0.3 is 0 Å². The van der Waals surface area contributed by atoms with E-state index in [0.29, 0.717) is 18.0 Å². The Morgan fingerprint density at radius 3 is 2.37 bits per heavy atom. The minimum absolute atomic E-state index is 0.130. The highest BCUT2D eigenvalue weighted by Gasteiger charge is 2.43. The molecule has 0 radical (unpaired) electrons. The van der Waals surface area contributed by atoms with Crippen molar-refractivity contribution < 1.29 is 9.63 Å². The Balaban J connectivity index is 1.78. The lowest BCUT2D eigenvalue weighted by Crippen LogP contribution is -2.45. The van der Waals surface area contributed by atoms with Crippen LogP contribution in [0.25, 0.3) is 0 Å². The van der Waals surface area contributed by atoms with Gasteiger partial charge in [-0.05, 0) is 32.6 Å². The Bertz CT molecular complexity index is 432. The van der Waals surface area contributed by atoms with Gasteiger partial charge in [-0.1, -0.05) is 19.0 Å². The lowest BCUT2D eigenvalue weighted by molar-refractivity contribution is 0.00633. The van der Waals surface area contributed by atoms with Crippen LogP contribution in [0.2, 0.25) is 0 Å². The molecule has 106 valence electrons. The average molecular weight is 265 g/mol. The van der Waals surface area contributed by atoms with Gasteiger partial charge in [0.15, 0.2) is 5.82 Å². The number of hydrogen-bond acceptors (Lipinski definition) is 5. The van der Waals surface area contributed by atoms with Crippen LogP contribution in [-0.2, 0) is 0 Å². The maximum Gasteiger partial charge on any atom is 0.243 e. The van der Waals surface area contributed by atoms with E-state index in [-0.39, 0.29) is 12.1 Å². The van der Waals surface area contributed by atoms with Crippen molar-refractivity contribution >= 4 is 0 Å². The molecular weight excluding hydrogens is 242 g/mol. The van der Waals surface area contributed by atoms with Crippen LogP contribution in [0.1, 0.15) is 70.1 Å². The number of fused-ring (bicyclic) bond motifs is 2. The molecule has 2 saturated heterocycles. The molecular formula is C14H23N3O2. The summed E-state index contributed by atoms with van der Waals surface area (Å²) in [5, 5.41) is 13.9. The summed E-state index contributed by atoms with van der Waals surface area (Å²) in [4.78, 5) is 7.00. The summed E-state index contributed by atoms with van der Waals surface area (Å²) < 4.78 is 5.43. The molecule has 19 heavy (non-hydrogen) atoms. The van der Waals surface area contributed by atoms with Gasteiger partial charge in [-0.3, -0.25) is 4.90 Å². The third-order valence-electron chi connectivity index (χ3n) is 4.54. The maximum absolute atomic E-state index is 9.86. The number of aliphatic hydroxyl groups is 1. The van der Waals surface area contributed by atoms with Crippen LogP contribution in [-0.4, -0.2) is 38.3 Å². The average Bonchev–Trinajstić information content (AvgIpc) is 2.93. The molecule has 3 heterocycles. The molecule has 1 N–H and O–H groups in total. The van der Waals surface area contributed by atoms with Gasteiger partial charge in [-0.25, -0.2) is 0 Å². The van der Waals surface area contributed by atoms with Crippen LogP contribution < -0.4 is 0 Å². The van der Waals surface area contributed by atoms with E-state index in [2.05, 4.69) is 35.8 Å². The van der Waals surface area contributed by atoms with Gasteiger partial charge in [0.25, 0.3) is 0 Å². The number of rotatable bonds is 3. The number of hydrogen-bond donors (Lipinski definition) is 1. The minimum atomic E-state index is -0.130. The molecule has 3 unspecified atom stereocenters. The van der Waals surface area contributed by atoms with Gasteiger partial charge in [-0.2, -0.15) is 4.98 Å². The molecule has 1 aromatic rings. The van der Waals surface area contributed by atoms with E-state index < -0.39 is 0 Å². The van der Waals surface area contributed by atoms with Crippen LogP contribution in [0, 0.1) is 0 Å². The molecule has 1 aromatic heterocycles. The van der Waals surface area contributed by atoms with Crippen LogP contribution >= 0.6 is 0 Å². The second-order valence-corrected chi connectivity index (χ2v) is 6.28. The van der Waals surface area contributed by atoms with E-state index in [1.165, 1.54) is 12.8 Å². The fourth-order valence-electron chi connectivity index (χ4n) is 3.60. The van der Waals surface area contributed by atoms with E-state index in [0.717, 1.165) is 24.6 Å². The molecule has 2 fully saturated rings. The fourth-order valence-corrected chi connectivity index (χ4v) is 3.60. The molecule has 0 spiro atoms. The van der Waals surface area contributed by atoms with Crippen LogP contribution in [0.3, 0.4) is 0 Å². The Morgan fingerprint density at radius 1 is 1.21 bits per heavy atom. The fraction of sp³-hybridized carbons (Fsp3) is 0.857. The van der Waals surface area contributed by atoms with Gasteiger partial charge in [-0.15, -0.1) is 0 Å². The summed E-state index contributed by atoms with van der Waals surface area (Å²) in [6, 6.07) is 1.10. The predicted molar refractivity (Wildman–Crippen MR) is 70.7 cm³/mol. The van der Waals surface area contributed by atoms with E-state index in [9.17, 15) is 5.11 Å². The molecule has 0 aromatic carbocycles. The van der Waals surface area contributed by atoms with Gasteiger partial charge in [0.05, 0.1) is 12.1 Å². The van der Waals surface area contributed by atoms with Gasteiger partial charge in [0.2, 0.25) is 5.89 Å². The summed E-state index contributed by atoms with van der Waals surface area (Å²) in [5.41, 5.74) is 0. The number of aromatic nitrogens is 2. The molecule has 2 aliphatic rings.